The molecule has 1 atom stereocenters. The summed E-state index contributed by atoms with van der Waals surface area (Å²) in [5.41, 5.74) is 0.791. The molecule has 13 heteroatoms. The van der Waals surface area contributed by atoms with E-state index in [9.17, 15) is 36.2 Å². The third kappa shape index (κ3) is 12.8. The van der Waals surface area contributed by atoms with E-state index < -0.39 is 37.6 Å². The van der Waals surface area contributed by atoms with Gasteiger partial charge in [-0.15, -0.1) is 0 Å². The molecule has 0 saturated carbocycles. The molecule has 0 amide bonds. The van der Waals surface area contributed by atoms with Crippen LogP contribution in [0.3, 0.4) is 0 Å². The van der Waals surface area contributed by atoms with Crippen LogP contribution in [0.4, 0.5) is 26.3 Å². The number of carbonyl (C=O) groups is 1. The Morgan fingerprint density at radius 1 is 1.00 bits per heavy atom. The largest absolute Gasteiger partial charge is 0.488 e. The van der Waals surface area contributed by atoms with E-state index in [4.69, 9.17) is 9.47 Å². The summed E-state index contributed by atoms with van der Waals surface area (Å²) in [5.74, 6) is 3.90. The van der Waals surface area contributed by atoms with Gasteiger partial charge in [-0.05, 0) is 64.8 Å². The van der Waals surface area contributed by atoms with Crippen molar-refractivity contribution in [3.05, 3.63) is 64.1 Å². The first-order valence-electron chi connectivity index (χ1n) is 11.2. The fraction of sp³-hybridized carbons (Fsp3) is 0.346. The van der Waals surface area contributed by atoms with Crippen LogP contribution in [0.1, 0.15) is 18.1 Å². The van der Waals surface area contributed by atoms with E-state index in [0.717, 1.165) is 23.8 Å². The Morgan fingerprint density at radius 2 is 1.62 bits per heavy atom. The number of hydrogen-bond donors (Lipinski definition) is 1. The van der Waals surface area contributed by atoms with Gasteiger partial charge in [-0.2, -0.15) is 26.3 Å². The first-order chi connectivity index (χ1) is 18.3. The van der Waals surface area contributed by atoms with Crippen molar-refractivity contribution < 1.29 is 55.2 Å². The smallest absolute Gasteiger partial charge is 0.422 e. The normalized spacial score (nSPS) is 12.5. The molecule has 0 aliphatic rings. The second-order valence-electron chi connectivity index (χ2n) is 7.73. The number of allylic oxidation sites excluding steroid dienone is 1. The summed E-state index contributed by atoms with van der Waals surface area (Å²) < 4.78 is 95.4. The maximum Gasteiger partial charge on any atom is 0.422 e. The molecule has 0 unspecified atom stereocenters. The fourth-order valence-corrected chi connectivity index (χ4v) is 3.47. The quantitative estimate of drug-likeness (QED) is 0.219. The fourth-order valence-electron chi connectivity index (χ4n) is 2.93. The summed E-state index contributed by atoms with van der Waals surface area (Å²) in [4.78, 5) is 11.3. The minimum atomic E-state index is -4.64. The van der Waals surface area contributed by atoms with Crippen molar-refractivity contribution in [3.63, 3.8) is 0 Å². The van der Waals surface area contributed by atoms with Gasteiger partial charge in [0.25, 0.3) is 0 Å². The van der Waals surface area contributed by atoms with Crippen molar-refractivity contribution in [1.29, 1.82) is 0 Å². The topological polar surface area (TPSA) is 74.2 Å². The molecule has 212 valence electrons. The lowest BCUT2D eigenvalue weighted by atomic mass is 10.1. The highest BCUT2D eigenvalue weighted by molar-refractivity contribution is 9.10. The number of aliphatic carboxylic acids is 1. The predicted molar refractivity (Wildman–Crippen MR) is 132 cm³/mol. The summed E-state index contributed by atoms with van der Waals surface area (Å²) in [6.07, 6.45) is -7.16. The molecule has 0 bridgehead atoms. The maximum atomic E-state index is 12.5. The maximum absolute atomic E-state index is 12.5. The summed E-state index contributed by atoms with van der Waals surface area (Å²) in [6.45, 7) is -1.22. The van der Waals surface area contributed by atoms with Crippen molar-refractivity contribution in [3.8, 4) is 29.1 Å². The first kappa shape index (κ1) is 31.8. The van der Waals surface area contributed by atoms with Crippen molar-refractivity contribution in [2.24, 2.45) is 0 Å². The Kier molecular flexibility index (Phi) is 12.0. The molecule has 0 aliphatic carbocycles. The Labute approximate surface area is 228 Å². The molecule has 1 N–H and O–H groups in total. The van der Waals surface area contributed by atoms with Crippen LogP contribution in [0.5, 0.6) is 17.2 Å². The molecule has 0 saturated heterocycles. The summed E-state index contributed by atoms with van der Waals surface area (Å²) in [5, 5.41) is 9.21. The Balaban J connectivity index is 2.02. The SMILES string of the molecule is CCO[C@@H](Cc1ccc(OCC=CC#Cc2cc(OCC(F)(F)F)cc(OCC(F)(F)F)c2)c(Br)c1)C(=O)O. The highest BCUT2D eigenvalue weighted by Crippen LogP contribution is 2.28. The zero-order valence-corrected chi connectivity index (χ0v) is 22.0. The van der Waals surface area contributed by atoms with Gasteiger partial charge in [0, 0.05) is 24.7 Å². The monoisotopic (exact) mass is 624 g/mol. The van der Waals surface area contributed by atoms with Crippen LogP contribution in [0.25, 0.3) is 0 Å². The zero-order valence-electron chi connectivity index (χ0n) is 20.4. The lowest BCUT2D eigenvalue weighted by Gasteiger charge is -2.13. The van der Waals surface area contributed by atoms with Gasteiger partial charge in [-0.3, -0.25) is 0 Å². The molecular formula is C26H23BrF6O6. The van der Waals surface area contributed by atoms with E-state index in [1.54, 1.807) is 25.1 Å². The molecule has 0 aliphatic heterocycles. The van der Waals surface area contributed by atoms with Gasteiger partial charge in [0.2, 0.25) is 0 Å². The number of halogens is 7. The lowest BCUT2D eigenvalue weighted by molar-refractivity contribution is -0.154. The zero-order chi connectivity index (χ0) is 29.1. The first-order valence-corrected chi connectivity index (χ1v) is 12.0. The molecule has 6 nitrogen and oxygen atoms in total. The second kappa shape index (κ2) is 14.7. The number of alkyl halides is 6. The predicted octanol–water partition coefficient (Wildman–Crippen LogP) is 6.35. The van der Waals surface area contributed by atoms with Crippen LogP contribution < -0.4 is 14.2 Å². The Bertz CT molecular complexity index is 1160. The molecule has 2 aromatic carbocycles. The van der Waals surface area contributed by atoms with Crippen molar-refractivity contribution in [1.82, 2.24) is 0 Å². The number of carboxylic acids is 1. The highest BCUT2D eigenvalue weighted by atomic mass is 79.9. The lowest BCUT2D eigenvalue weighted by Crippen LogP contribution is -2.26. The number of rotatable bonds is 12. The Morgan fingerprint density at radius 3 is 2.13 bits per heavy atom. The van der Waals surface area contributed by atoms with E-state index >= 15 is 0 Å². The standard InChI is InChI=1S/C26H23BrF6O6/c1-2-36-23(24(34)35)13-18-7-8-22(21(27)12-18)37-9-5-3-4-6-17-10-19(38-15-25(28,29)30)14-20(11-17)39-16-26(31,32)33/h3,5,7-8,10-12,14,23H,2,9,13,15-16H2,1H3,(H,34,35)/t23-/m0/s1. The van der Waals surface area contributed by atoms with Crippen LogP contribution in [-0.2, 0) is 16.0 Å². The van der Waals surface area contributed by atoms with Crippen LogP contribution in [0.2, 0.25) is 0 Å². The summed E-state index contributed by atoms with van der Waals surface area (Å²) >= 11 is 3.36. The van der Waals surface area contributed by atoms with E-state index in [2.05, 4.69) is 37.2 Å². The van der Waals surface area contributed by atoms with Gasteiger partial charge < -0.3 is 24.1 Å². The van der Waals surface area contributed by atoms with Gasteiger partial charge >= 0.3 is 18.3 Å². The van der Waals surface area contributed by atoms with Gasteiger partial charge in [0.05, 0.1) is 4.47 Å². The molecule has 39 heavy (non-hydrogen) atoms. The summed E-state index contributed by atoms with van der Waals surface area (Å²) in [6, 6.07) is 8.25. The Hall–Kier alpha value is -3.37. The third-order valence-electron chi connectivity index (χ3n) is 4.50. The minimum absolute atomic E-state index is 0.0717. The average Bonchev–Trinajstić information content (AvgIpc) is 2.83. The van der Waals surface area contributed by atoms with E-state index in [-0.39, 0.29) is 36.7 Å². The molecule has 0 fully saturated rings. The van der Waals surface area contributed by atoms with Gasteiger partial charge in [-0.25, -0.2) is 4.79 Å². The van der Waals surface area contributed by atoms with Crippen molar-refractivity contribution >= 4 is 21.9 Å². The third-order valence-corrected chi connectivity index (χ3v) is 5.12. The van der Waals surface area contributed by atoms with E-state index in [0.29, 0.717) is 10.2 Å². The summed E-state index contributed by atoms with van der Waals surface area (Å²) in [7, 11) is 0. The van der Waals surface area contributed by atoms with Crippen LogP contribution >= 0.6 is 15.9 Å². The van der Waals surface area contributed by atoms with Crippen molar-refractivity contribution in [2.45, 2.75) is 31.8 Å². The highest BCUT2D eigenvalue weighted by Gasteiger charge is 2.30. The number of carboxylic acid groups (broad SMARTS) is 1. The minimum Gasteiger partial charge on any atom is -0.488 e. The van der Waals surface area contributed by atoms with Crippen molar-refractivity contribution in [2.75, 3.05) is 26.4 Å². The average molecular weight is 625 g/mol. The molecule has 0 aromatic heterocycles. The molecule has 0 radical (unpaired) electrons. The van der Waals surface area contributed by atoms with Crippen LogP contribution in [0.15, 0.2) is 53.0 Å². The van der Waals surface area contributed by atoms with E-state index in [1.807, 2.05) is 0 Å². The number of benzene rings is 2. The molecule has 2 aromatic rings. The molecule has 2 rings (SSSR count). The van der Waals surface area contributed by atoms with Gasteiger partial charge in [-0.1, -0.05) is 17.9 Å². The van der Waals surface area contributed by atoms with Crippen LogP contribution in [-0.4, -0.2) is 56.0 Å². The molecular weight excluding hydrogens is 602 g/mol. The molecule has 0 heterocycles. The number of ether oxygens (including phenoxy) is 4. The van der Waals surface area contributed by atoms with E-state index in [1.165, 1.54) is 12.2 Å². The number of hydrogen-bond acceptors (Lipinski definition) is 5. The van der Waals surface area contributed by atoms with Crippen LogP contribution in [0, 0.1) is 11.8 Å². The van der Waals surface area contributed by atoms with Gasteiger partial charge in [0.1, 0.15) is 23.9 Å². The molecule has 0 spiro atoms. The van der Waals surface area contributed by atoms with Gasteiger partial charge in [0.15, 0.2) is 19.3 Å². The second-order valence-corrected chi connectivity index (χ2v) is 8.59.